The number of hydrogen-bond acceptors (Lipinski definition) is 8. The number of nitrogens with zero attached hydrogens (tertiary/aromatic N) is 3. The van der Waals surface area contributed by atoms with Gasteiger partial charge in [-0.05, 0) is 42.8 Å². The number of nitrogens with one attached hydrogen (secondary N) is 2. The van der Waals surface area contributed by atoms with Crippen LogP contribution in [0.1, 0.15) is 12.5 Å². The van der Waals surface area contributed by atoms with Crippen molar-refractivity contribution < 1.29 is 28.6 Å². The lowest BCUT2D eigenvalue weighted by Gasteiger charge is -2.11. The fraction of sp³-hybridized carbons (Fsp3) is 0.0870. The van der Waals surface area contributed by atoms with Gasteiger partial charge >= 0.3 is 5.69 Å². The largest absolute Gasteiger partial charge is 0.450 e. The van der Waals surface area contributed by atoms with Crippen molar-refractivity contribution in [2.75, 3.05) is 5.32 Å². The summed E-state index contributed by atoms with van der Waals surface area (Å²) in [5.74, 6) is -3.33. The number of benzene rings is 3. The average Bonchev–Trinajstić information content (AvgIpc) is 2.85. The number of amides is 2. The molecule has 3 rings (SSSR count). The van der Waals surface area contributed by atoms with Crippen molar-refractivity contribution in [3.05, 3.63) is 98.3 Å². The third kappa shape index (κ3) is 6.44. The van der Waals surface area contributed by atoms with Crippen molar-refractivity contribution in [3.63, 3.8) is 0 Å². The van der Waals surface area contributed by atoms with Crippen molar-refractivity contribution >= 4 is 35.1 Å². The Hall–Kier alpha value is -5.20. The second kappa shape index (κ2) is 11.3. The van der Waals surface area contributed by atoms with Gasteiger partial charge in [0.05, 0.1) is 27.8 Å². The molecular formula is C23H18FN5O7. The molecule has 0 heterocycles. The zero-order valence-electron chi connectivity index (χ0n) is 18.6. The van der Waals surface area contributed by atoms with Gasteiger partial charge in [0.2, 0.25) is 11.7 Å². The number of para-hydroxylation sites is 1. The molecule has 0 radical (unpaired) electrons. The van der Waals surface area contributed by atoms with Gasteiger partial charge in [0, 0.05) is 6.07 Å². The molecule has 3 aromatic carbocycles. The van der Waals surface area contributed by atoms with Crippen LogP contribution in [0.2, 0.25) is 0 Å². The summed E-state index contributed by atoms with van der Waals surface area (Å²) in [5, 5.41) is 28.2. The minimum atomic E-state index is -1.18. The number of anilines is 1. The number of nitro benzene ring substituents is 2. The Labute approximate surface area is 202 Å². The molecule has 0 aliphatic heterocycles. The summed E-state index contributed by atoms with van der Waals surface area (Å²) in [6.45, 7) is 1.33. The van der Waals surface area contributed by atoms with Gasteiger partial charge in [0.1, 0.15) is 17.5 Å². The quantitative estimate of drug-likeness (QED) is 0.195. The van der Waals surface area contributed by atoms with E-state index in [0.717, 1.165) is 18.2 Å². The highest BCUT2D eigenvalue weighted by Crippen LogP contribution is 2.34. The standard InChI is InChI=1S/C23H18FN5O7/c1-14(22(30)26-19-8-3-2-7-18(19)24)23(31)27-25-13-15-5-4-6-17(11-15)36-21-10-9-16(28(32)33)12-20(21)29(34)35/h2-14H,1H3,(H,26,30)(H,27,31). The van der Waals surface area contributed by atoms with Crippen LogP contribution in [-0.2, 0) is 9.59 Å². The zero-order valence-corrected chi connectivity index (χ0v) is 18.6. The van der Waals surface area contributed by atoms with E-state index >= 15 is 0 Å². The van der Waals surface area contributed by atoms with Gasteiger partial charge in [-0.2, -0.15) is 5.10 Å². The maximum absolute atomic E-state index is 13.7. The summed E-state index contributed by atoms with van der Waals surface area (Å²) < 4.78 is 19.2. The Kier molecular flexibility index (Phi) is 7.97. The van der Waals surface area contributed by atoms with Crippen LogP contribution in [0.3, 0.4) is 0 Å². The molecule has 184 valence electrons. The lowest BCUT2D eigenvalue weighted by molar-refractivity contribution is -0.394. The third-order valence-electron chi connectivity index (χ3n) is 4.74. The highest BCUT2D eigenvalue weighted by Gasteiger charge is 2.23. The van der Waals surface area contributed by atoms with Crippen LogP contribution in [-0.4, -0.2) is 27.9 Å². The Balaban J connectivity index is 1.64. The monoisotopic (exact) mass is 495 g/mol. The van der Waals surface area contributed by atoms with Crippen LogP contribution in [0, 0.1) is 32.0 Å². The normalized spacial score (nSPS) is 11.5. The lowest BCUT2D eigenvalue weighted by atomic mass is 10.1. The number of nitro groups is 2. The first-order valence-corrected chi connectivity index (χ1v) is 10.2. The van der Waals surface area contributed by atoms with Crippen molar-refractivity contribution in [1.29, 1.82) is 0 Å². The Morgan fingerprint density at radius 1 is 1.00 bits per heavy atom. The van der Waals surface area contributed by atoms with Gasteiger partial charge in [0.15, 0.2) is 0 Å². The molecule has 36 heavy (non-hydrogen) atoms. The average molecular weight is 495 g/mol. The molecule has 2 amide bonds. The van der Waals surface area contributed by atoms with Gasteiger partial charge in [-0.25, -0.2) is 9.82 Å². The smallest absolute Gasteiger partial charge is 0.318 e. The number of carbonyl (C=O) groups excluding carboxylic acids is 2. The van der Waals surface area contributed by atoms with Gasteiger partial charge in [-0.3, -0.25) is 29.8 Å². The maximum atomic E-state index is 13.7. The number of ether oxygens (including phenoxy) is 1. The fourth-order valence-corrected chi connectivity index (χ4v) is 2.82. The summed E-state index contributed by atoms with van der Waals surface area (Å²) in [6.07, 6.45) is 1.25. The summed E-state index contributed by atoms with van der Waals surface area (Å²) in [6, 6.07) is 14.6. The SMILES string of the molecule is CC(C(=O)NN=Cc1cccc(Oc2ccc([N+](=O)[O-])cc2[N+](=O)[O-])c1)C(=O)Nc1ccccc1F. The highest BCUT2D eigenvalue weighted by molar-refractivity contribution is 6.06. The second-order valence-corrected chi connectivity index (χ2v) is 7.27. The first-order chi connectivity index (χ1) is 17.2. The van der Waals surface area contributed by atoms with Gasteiger partial charge < -0.3 is 10.1 Å². The van der Waals surface area contributed by atoms with Crippen molar-refractivity contribution in [2.45, 2.75) is 6.92 Å². The van der Waals surface area contributed by atoms with Crippen LogP contribution in [0.15, 0.2) is 71.8 Å². The van der Waals surface area contributed by atoms with E-state index in [-0.39, 0.29) is 17.2 Å². The maximum Gasteiger partial charge on any atom is 0.318 e. The molecule has 13 heteroatoms. The molecule has 3 aromatic rings. The Bertz CT molecular complexity index is 1360. The molecule has 12 nitrogen and oxygen atoms in total. The van der Waals surface area contributed by atoms with E-state index in [1.165, 1.54) is 49.5 Å². The molecule has 0 aliphatic carbocycles. The first kappa shape index (κ1) is 25.4. The number of rotatable bonds is 9. The van der Waals surface area contributed by atoms with Crippen LogP contribution in [0.4, 0.5) is 21.5 Å². The van der Waals surface area contributed by atoms with Crippen molar-refractivity contribution in [2.24, 2.45) is 11.0 Å². The molecular weight excluding hydrogens is 477 g/mol. The zero-order chi connectivity index (χ0) is 26.2. The molecule has 0 aromatic heterocycles. The Morgan fingerprint density at radius 2 is 1.75 bits per heavy atom. The van der Waals surface area contributed by atoms with E-state index in [0.29, 0.717) is 5.56 Å². The molecule has 2 N–H and O–H groups in total. The molecule has 0 spiro atoms. The van der Waals surface area contributed by atoms with Crippen LogP contribution >= 0.6 is 0 Å². The summed E-state index contributed by atoms with van der Waals surface area (Å²) in [5.41, 5.74) is 1.53. The molecule has 0 saturated carbocycles. The summed E-state index contributed by atoms with van der Waals surface area (Å²) >= 11 is 0. The molecule has 1 unspecified atom stereocenters. The van der Waals surface area contributed by atoms with E-state index in [1.54, 1.807) is 12.1 Å². The third-order valence-corrected chi connectivity index (χ3v) is 4.74. The number of non-ortho nitro benzene ring substituents is 1. The van der Waals surface area contributed by atoms with E-state index < -0.39 is 44.8 Å². The highest BCUT2D eigenvalue weighted by atomic mass is 19.1. The fourth-order valence-electron chi connectivity index (χ4n) is 2.82. The summed E-state index contributed by atoms with van der Waals surface area (Å²) in [4.78, 5) is 45.0. The minimum absolute atomic E-state index is 0.0595. The molecule has 1 atom stereocenters. The molecule has 0 fully saturated rings. The predicted molar refractivity (Wildman–Crippen MR) is 126 cm³/mol. The Morgan fingerprint density at radius 3 is 2.44 bits per heavy atom. The van der Waals surface area contributed by atoms with Gasteiger partial charge in [0.25, 0.3) is 11.6 Å². The number of hydrogen-bond donors (Lipinski definition) is 2. The first-order valence-electron chi connectivity index (χ1n) is 10.2. The van der Waals surface area contributed by atoms with Crippen LogP contribution in [0.5, 0.6) is 11.5 Å². The number of carbonyl (C=O) groups is 2. The summed E-state index contributed by atoms with van der Waals surface area (Å²) in [7, 11) is 0. The van der Waals surface area contributed by atoms with Crippen LogP contribution < -0.4 is 15.5 Å². The van der Waals surface area contributed by atoms with Crippen molar-refractivity contribution in [1.82, 2.24) is 5.43 Å². The second-order valence-electron chi connectivity index (χ2n) is 7.27. The van der Waals surface area contributed by atoms with Gasteiger partial charge in [-0.1, -0.05) is 24.3 Å². The van der Waals surface area contributed by atoms with E-state index in [2.05, 4.69) is 15.8 Å². The van der Waals surface area contributed by atoms with Gasteiger partial charge in [-0.15, -0.1) is 0 Å². The number of hydrazone groups is 1. The van der Waals surface area contributed by atoms with E-state index in [4.69, 9.17) is 4.74 Å². The number of halogens is 1. The van der Waals surface area contributed by atoms with Crippen molar-refractivity contribution in [3.8, 4) is 11.5 Å². The van der Waals surface area contributed by atoms with E-state index in [9.17, 15) is 34.2 Å². The topological polar surface area (TPSA) is 166 Å². The molecule has 0 aliphatic rings. The minimum Gasteiger partial charge on any atom is -0.450 e. The van der Waals surface area contributed by atoms with Crippen LogP contribution in [0.25, 0.3) is 0 Å². The van der Waals surface area contributed by atoms with E-state index in [1.807, 2.05) is 0 Å². The lowest BCUT2D eigenvalue weighted by Crippen LogP contribution is -2.34. The predicted octanol–water partition coefficient (Wildman–Crippen LogP) is 4.16. The molecule has 0 saturated heterocycles. The molecule has 0 bridgehead atoms.